The van der Waals surface area contributed by atoms with Crippen molar-refractivity contribution in [2.75, 3.05) is 0 Å². The van der Waals surface area contributed by atoms with Crippen LogP contribution in [0, 0.1) is 0 Å². The van der Waals surface area contributed by atoms with Gasteiger partial charge >= 0.3 is 0 Å². The number of hydrogen-bond acceptors (Lipinski definition) is 1. The van der Waals surface area contributed by atoms with Gasteiger partial charge in [-0.1, -0.05) is 58.4 Å². The first-order chi connectivity index (χ1) is 10.1. The summed E-state index contributed by atoms with van der Waals surface area (Å²) >= 11 is 3.46. The second-order valence-electron chi connectivity index (χ2n) is 4.90. The maximum absolute atomic E-state index is 12.0. The van der Waals surface area contributed by atoms with Crippen LogP contribution in [0.1, 0.15) is 28.5 Å². The standard InChI is InChI=1S/C18H14BrNO/c1-12(21)18-15-9-8-14(19)11-17(15)20-16(18)10-7-13-5-3-2-4-6-13/h2-11,20H,1H3/b10-7+. The first kappa shape index (κ1) is 13.8. The average molecular weight is 340 g/mol. The maximum atomic E-state index is 12.0. The Morgan fingerprint density at radius 2 is 1.86 bits per heavy atom. The molecule has 21 heavy (non-hydrogen) atoms. The molecule has 0 amide bonds. The number of ketones is 1. The summed E-state index contributed by atoms with van der Waals surface area (Å²) in [6.45, 7) is 1.60. The van der Waals surface area contributed by atoms with Crippen molar-refractivity contribution < 1.29 is 4.79 Å². The van der Waals surface area contributed by atoms with Gasteiger partial charge in [0.05, 0.1) is 11.3 Å². The Labute approximate surface area is 131 Å². The molecule has 3 aromatic rings. The van der Waals surface area contributed by atoms with Crippen LogP contribution in [0.3, 0.4) is 0 Å². The van der Waals surface area contributed by atoms with Crippen molar-refractivity contribution in [1.29, 1.82) is 0 Å². The maximum Gasteiger partial charge on any atom is 0.162 e. The SMILES string of the molecule is CC(=O)c1c(/C=C/c2ccccc2)[nH]c2cc(Br)ccc12. The largest absolute Gasteiger partial charge is 0.354 e. The Hall–Kier alpha value is -2.13. The summed E-state index contributed by atoms with van der Waals surface area (Å²) in [4.78, 5) is 15.3. The molecule has 2 aromatic carbocycles. The summed E-state index contributed by atoms with van der Waals surface area (Å²) < 4.78 is 0.991. The number of hydrogen-bond donors (Lipinski definition) is 1. The molecule has 3 rings (SSSR count). The van der Waals surface area contributed by atoms with Crippen LogP contribution in [0.15, 0.2) is 53.0 Å². The van der Waals surface area contributed by atoms with Crippen LogP contribution in [-0.2, 0) is 0 Å². The molecule has 0 radical (unpaired) electrons. The van der Waals surface area contributed by atoms with Crippen molar-refractivity contribution in [3.8, 4) is 0 Å². The second-order valence-corrected chi connectivity index (χ2v) is 5.82. The van der Waals surface area contributed by atoms with E-state index in [9.17, 15) is 4.79 Å². The molecule has 0 atom stereocenters. The molecule has 0 aliphatic carbocycles. The van der Waals surface area contributed by atoms with Crippen LogP contribution in [0.2, 0.25) is 0 Å². The number of benzene rings is 2. The van der Waals surface area contributed by atoms with Crippen LogP contribution in [0.4, 0.5) is 0 Å². The monoisotopic (exact) mass is 339 g/mol. The first-order valence-electron chi connectivity index (χ1n) is 6.70. The minimum atomic E-state index is 0.0660. The molecule has 2 nitrogen and oxygen atoms in total. The number of carbonyl (C=O) groups is 1. The first-order valence-corrected chi connectivity index (χ1v) is 7.50. The molecule has 0 saturated carbocycles. The molecule has 1 aromatic heterocycles. The summed E-state index contributed by atoms with van der Waals surface area (Å²) in [5, 5.41) is 0.957. The molecular weight excluding hydrogens is 326 g/mol. The van der Waals surface area contributed by atoms with E-state index in [1.807, 2.05) is 60.7 Å². The van der Waals surface area contributed by atoms with Crippen molar-refractivity contribution in [2.45, 2.75) is 6.92 Å². The van der Waals surface area contributed by atoms with E-state index < -0.39 is 0 Å². The zero-order valence-electron chi connectivity index (χ0n) is 11.6. The Balaban J connectivity index is 2.11. The summed E-state index contributed by atoms with van der Waals surface area (Å²) in [5.41, 5.74) is 3.65. The van der Waals surface area contributed by atoms with Crippen LogP contribution in [0.5, 0.6) is 0 Å². The third kappa shape index (κ3) is 2.83. The topological polar surface area (TPSA) is 32.9 Å². The van der Waals surface area contributed by atoms with Crippen molar-refractivity contribution in [1.82, 2.24) is 4.98 Å². The predicted octanol–water partition coefficient (Wildman–Crippen LogP) is 5.30. The van der Waals surface area contributed by atoms with Crippen LogP contribution >= 0.6 is 15.9 Å². The van der Waals surface area contributed by atoms with Gasteiger partial charge in [-0.05, 0) is 30.7 Å². The van der Waals surface area contributed by atoms with Gasteiger partial charge in [0.1, 0.15) is 0 Å². The van der Waals surface area contributed by atoms with Crippen LogP contribution in [-0.4, -0.2) is 10.8 Å². The Kier molecular flexibility index (Phi) is 3.76. The lowest BCUT2D eigenvalue weighted by atomic mass is 10.1. The van der Waals surface area contributed by atoms with E-state index in [-0.39, 0.29) is 5.78 Å². The van der Waals surface area contributed by atoms with E-state index in [4.69, 9.17) is 0 Å². The van der Waals surface area contributed by atoms with Gasteiger partial charge in [0.2, 0.25) is 0 Å². The average Bonchev–Trinajstić information content (AvgIpc) is 2.83. The van der Waals surface area contributed by atoms with Gasteiger partial charge in [0, 0.05) is 15.4 Å². The summed E-state index contributed by atoms with van der Waals surface area (Å²) in [5.74, 6) is 0.0660. The fourth-order valence-electron chi connectivity index (χ4n) is 2.44. The van der Waals surface area contributed by atoms with Crippen LogP contribution in [0.25, 0.3) is 23.1 Å². The van der Waals surface area contributed by atoms with E-state index in [0.29, 0.717) is 0 Å². The molecule has 0 aliphatic heterocycles. The van der Waals surface area contributed by atoms with Crippen molar-refractivity contribution in [2.24, 2.45) is 0 Å². The molecule has 0 bridgehead atoms. The second kappa shape index (κ2) is 5.70. The van der Waals surface area contributed by atoms with E-state index in [2.05, 4.69) is 20.9 Å². The number of H-pyrrole nitrogens is 1. The molecule has 3 heteroatoms. The fraction of sp³-hybridized carbons (Fsp3) is 0.0556. The Morgan fingerprint density at radius 1 is 1.10 bits per heavy atom. The van der Waals surface area contributed by atoms with Crippen LogP contribution < -0.4 is 0 Å². The number of fused-ring (bicyclic) bond motifs is 1. The minimum absolute atomic E-state index is 0.0660. The number of nitrogens with one attached hydrogen (secondary N) is 1. The lowest BCUT2D eigenvalue weighted by Gasteiger charge is -1.96. The van der Waals surface area contributed by atoms with E-state index in [1.54, 1.807) is 6.92 Å². The number of halogens is 1. The van der Waals surface area contributed by atoms with E-state index in [1.165, 1.54) is 0 Å². The van der Waals surface area contributed by atoms with Gasteiger partial charge in [0.15, 0.2) is 5.78 Å². The molecule has 0 aliphatic rings. The number of aromatic amines is 1. The van der Waals surface area contributed by atoms with Crippen molar-refractivity contribution in [3.63, 3.8) is 0 Å². The number of Topliss-reactive ketones (excluding diaryl/α,β-unsaturated/α-hetero) is 1. The van der Waals surface area contributed by atoms with Gasteiger partial charge in [-0.2, -0.15) is 0 Å². The van der Waals surface area contributed by atoms with Gasteiger partial charge in [-0.3, -0.25) is 4.79 Å². The van der Waals surface area contributed by atoms with Crippen molar-refractivity contribution in [3.05, 3.63) is 69.8 Å². The van der Waals surface area contributed by atoms with E-state index >= 15 is 0 Å². The highest BCUT2D eigenvalue weighted by molar-refractivity contribution is 9.10. The fourth-order valence-corrected chi connectivity index (χ4v) is 2.80. The molecule has 0 spiro atoms. The molecule has 1 heterocycles. The van der Waals surface area contributed by atoms with Crippen molar-refractivity contribution >= 4 is 44.8 Å². The summed E-state index contributed by atoms with van der Waals surface area (Å²) in [6.07, 6.45) is 3.96. The molecule has 1 N–H and O–H groups in total. The molecule has 0 unspecified atom stereocenters. The number of rotatable bonds is 3. The van der Waals surface area contributed by atoms with Gasteiger partial charge < -0.3 is 4.98 Å². The van der Waals surface area contributed by atoms with Gasteiger partial charge in [-0.25, -0.2) is 0 Å². The predicted molar refractivity (Wildman–Crippen MR) is 91.4 cm³/mol. The number of carbonyl (C=O) groups excluding carboxylic acids is 1. The lowest BCUT2D eigenvalue weighted by Crippen LogP contribution is -1.93. The highest BCUT2D eigenvalue weighted by Gasteiger charge is 2.13. The normalized spacial score (nSPS) is 11.3. The molecule has 0 fully saturated rings. The Bertz CT molecular complexity index is 831. The molecule has 104 valence electrons. The summed E-state index contributed by atoms with van der Waals surface area (Å²) in [6, 6.07) is 15.9. The smallest absolute Gasteiger partial charge is 0.162 e. The third-order valence-corrected chi connectivity index (χ3v) is 3.88. The Morgan fingerprint density at radius 3 is 2.57 bits per heavy atom. The number of aromatic nitrogens is 1. The van der Waals surface area contributed by atoms with Gasteiger partial charge in [0.25, 0.3) is 0 Å². The van der Waals surface area contributed by atoms with E-state index in [0.717, 1.165) is 32.2 Å². The molecular formula is C18H14BrNO. The zero-order valence-corrected chi connectivity index (χ0v) is 13.1. The highest BCUT2D eigenvalue weighted by Crippen LogP contribution is 2.27. The quantitative estimate of drug-likeness (QED) is 0.645. The minimum Gasteiger partial charge on any atom is -0.354 e. The van der Waals surface area contributed by atoms with Gasteiger partial charge in [-0.15, -0.1) is 0 Å². The highest BCUT2D eigenvalue weighted by atomic mass is 79.9. The third-order valence-electron chi connectivity index (χ3n) is 3.38. The lowest BCUT2D eigenvalue weighted by molar-refractivity contribution is 0.101. The molecule has 0 saturated heterocycles. The zero-order chi connectivity index (χ0) is 14.8. The summed E-state index contributed by atoms with van der Waals surface area (Å²) in [7, 11) is 0.